The number of piperazine rings is 1. The highest BCUT2D eigenvalue weighted by atomic mass is 19.1. The maximum absolute atomic E-state index is 16.7. The van der Waals surface area contributed by atoms with Crippen LogP contribution < -0.4 is 15.0 Å². The number of fused-ring (bicyclic) bond motifs is 4. The van der Waals surface area contributed by atoms with Crippen molar-refractivity contribution >= 4 is 16.7 Å². The third-order valence-corrected chi connectivity index (χ3v) is 10.1. The van der Waals surface area contributed by atoms with Gasteiger partial charge in [-0.2, -0.15) is 15.2 Å². The summed E-state index contributed by atoms with van der Waals surface area (Å²) in [5.41, 5.74) is 0.0788. The molecule has 5 heterocycles. The van der Waals surface area contributed by atoms with Crippen LogP contribution in [0, 0.1) is 23.0 Å². The van der Waals surface area contributed by atoms with Gasteiger partial charge in [-0.25, -0.2) is 13.2 Å². The largest absolute Gasteiger partial charge is 0.508 e. The second-order valence-corrected chi connectivity index (χ2v) is 13.0. The Labute approximate surface area is 247 Å². The van der Waals surface area contributed by atoms with Gasteiger partial charge in [0.2, 0.25) is 0 Å². The van der Waals surface area contributed by atoms with Gasteiger partial charge in [0.15, 0.2) is 5.82 Å². The molecule has 0 radical (unpaired) electrons. The zero-order chi connectivity index (χ0) is 29.5. The lowest BCUT2D eigenvalue weighted by atomic mass is 9.91. The fraction of sp³-hybridized carbons (Fsp3) is 0.531. The fourth-order valence-corrected chi connectivity index (χ4v) is 8.08. The van der Waals surface area contributed by atoms with E-state index in [1.54, 1.807) is 0 Å². The summed E-state index contributed by atoms with van der Waals surface area (Å²) in [6.07, 6.45) is 4.87. The van der Waals surface area contributed by atoms with Gasteiger partial charge in [0.1, 0.15) is 35.7 Å². The number of phenols is 1. The predicted molar refractivity (Wildman–Crippen MR) is 154 cm³/mol. The molecule has 4 saturated heterocycles. The molecule has 2 bridgehead atoms. The first-order valence-electron chi connectivity index (χ1n) is 15.3. The smallest absolute Gasteiger partial charge is 0.319 e. The number of ether oxygens (including phenoxy) is 1. The Balaban J connectivity index is 1.27. The van der Waals surface area contributed by atoms with Crippen molar-refractivity contribution in [3.8, 4) is 29.0 Å². The molecule has 8 rings (SSSR count). The van der Waals surface area contributed by atoms with Crippen LogP contribution >= 0.6 is 0 Å². The van der Waals surface area contributed by atoms with Crippen molar-refractivity contribution < 1.29 is 23.0 Å². The molecule has 43 heavy (non-hydrogen) atoms. The number of nitriles is 1. The quantitative estimate of drug-likeness (QED) is 0.418. The van der Waals surface area contributed by atoms with Crippen molar-refractivity contribution in [2.45, 2.75) is 74.7 Å². The Morgan fingerprint density at radius 2 is 1.88 bits per heavy atom. The predicted octanol–water partition coefficient (Wildman–Crippen LogP) is 4.93. The molecule has 4 atom stereocenters. The molecule has 5 fully saturated rings. The Hall–Kier alpha value is -3.62. The zero-order valence-corrected chi connectivity index (χ0v) is 23.8. The van der Waals surface area contributed by atoms with Crippen LogP contribution in [-0.2, 0) is 0 Å². The van der Waals surface area contributed by atoms with E-state index < -0.39 is 23.3 Å². The van der Waals surface area contributed by atoms with E-state index in [9.17, 15) is 14.8 Å². The van der Waals surface area contributed by atoms with Crippen LogP contribution in [0.5, 0.6) is 11.8 Å². The Morgan fingerprint density at radius 3 is 2.63 bits per heavy atom. The van der Waals surface area contributed by atoms with E-state index in [2.05, 4.69) is 26.2 Å². The van der Waals surface area contributed by atoms with E-state index in [1.165, 1.54) is 18.2 Å². The molecule has 3 aromatic rings. The van der Waals surface area contributed by atoms with E-state index in [-0.39, 0.29) is 64.0 Å². The Morgan fingerprint density at radius 1 is 1.09 bits per heavy atom. The van der Waals surface area contributed by atoms with Crippen LogP contribution in [0.15, 0.2) is 18.2 Å². The summed E-state index contributed by atoms with van der Waals surface area (Å²) in [6.45, 7) is 2.65. The number of benzene rings is 2. The molecule has 8 nitrogen and oxygen atoms in total. The van der Waals surface area contributed by atoms with Crippen molar-refractivity contribution in [1.82, 2.24) is 20.2 Å². The van der Waals surface area contributed by atoms with Crippen molar-refractivity contribution in [3.05, 3.63) is 41.0 Å². The van der Waals surface area contributed by atoms with Crippen LogP contribution in [0.1, 0.15) is 62.0 Å². The highest BCUT2D eigenvalue weighted by molar-refractivity contribution is 5.94. The third kappa shape index (κ3) is 4.49. The first-order chi connectivity index (χ1) is 20.8. The summed E-state index contributed by atoms with van der Waals surface area (Å²) >= 11 is 0. The van der Waals surface area contributed by atoms with Gasteiger partial charge in [-0.1, -0.05) is 0 Å². The van der Waals surface area contributed by atoms with E-state index in [1.807, 2.05) is 0 Å². The SMILES string of the molecule is N#Cc1cc(O)cc(-c2c(F)cc3c(N4C[C@H]5CC[C@@H](C4)N5)nc(OC[C@@]45CCCN4C[C@H](F)C5)nc3c2F)c1C1CC1. The number of rotatable bonds is 6. The molecular weight excluding hydrogens is 557 g/mol. The van der Waals surface area contributed by atoms with E-state index in [0.717, 1.165) is 45.1 Å². The van der Waals surface area contributed by atoms with Gasteiger partial charge >= 0.3 is 6.01 Å². The summed E-state index contributed by atoms with van der Waals surface area (Å²) < 4.78 is 53.4. The van der Waals surface area contributed by atoms with Gasteiger partial charge in [-0.3, -0.25) is 4.90 Å². The number of aromatic hydroxyl groups is 1. The molecule has 4 aliphatic heterocycles. The first kappa shape index (κ1) is 27.0. The van der Waals surface area contributed by atoms with Crippen LogP contribution in [0.2, 0.25) is 0 Å². The molecule has 0 unspecified atom stereocenters. The van der Waals surface area contributed by atoms with Gasteiger partial charge in [-0.15, -0.1) is 0 Å². The number of nitrogens with zero attached hydrogens (tertiary/aromatic N) is 5. The highest BCUT2D eigenvalue weighted by Crippen LogP contribution is 2.49. The van der Waals surface area contributed by atoms with Crippen molar-refractivity contribution in [2.24, 2.45) is 0 Å². The molecule has 11 heteroatoms. The van der Waals surface area contributed by atoms with Crippen LogP contribution in [0.25, 0.3) is 22.0 Å². The molecule has 0 amide bonds. The second kappa shape index (κ2) is 9.96. The van der Waals surface area contributed by atoms with Crippen LogP contribution in [0.4, 0.5) is 19.0 Å². The van der Waals surface area contributed by atoms with Gasteiger partial charge in [0.05, 0.1) is 22.7 Å². The molecule has 1 aliphatic carbocycles. The number of aromatic nitrogens is 2. The number of anilines is 1. The topological polar surface area (TPSA) is 97.5 Å². The number of halogens is 3. The lowest BCUT2D eigenvalue weighted by Gasteiger charge is -2.34. The Bertz CT molecular complexity index is 1660. The Kier molecular flexibility index (Phi) is 6.25. The third-order valence-electron chi connectivity index (χ3n) is 10.1. The highest BCUT2D eigenvalue weighted by Gasteiger charge is 2.49. The molecule has 5 aliphatic rings. The van der Waals surface area contributed by atoms with Crippen molar-refractivity contribution in [1.29, 1.82) is 5.26 Å². The number of nitrogens with one attached hydrogen (secondary N) is 1. The summed E-state index contributed by atoms with van der Waals surface area (Å²) in [4.78, 5) is 13.4. The molecule has 2 N–H and O–H groups in total. The molecule has 2 aromatic carbocycles. The van der Waals surface area contributed by atoms with E-state index >= 15 is 8.78 Å². The van der Waals surface area contributed by atoms with Crippen LogP contribution in [-0.4, -0.2) is 76.6 Å². The molecule has 1 aromatic heterocycles. The average molecular weight is 591 g/mol. The van der Waals surface area contributed by atoms with Gasteiger partial charge in [0, 0.05) is 43.5 Å². The molecule has 0 spiro atoms. The average Bonchev–Trinajstić information content (AvgIpc) is 3.56. The van der Waals surface area contributed by atoms with Gasteiger partial charge in [0.25, 0.3) is 0 Å². The minimum Gasteiger partial charge on any atom is -0.508 e. The number of hydrogen-bond donors (Lipinski definition) is 2. The maximum atomic E-state index is 16.7. The molecular formula is C32H33F3N6O2. The van der Waals surface area contributed by atoms with Gasteiger partial charge < -0.3 is 20.1 Å². The fourth-order valence-electron chi connectivity index (χ4n) is 8.08. The number of phenolic OH excluding ortho intramolecular Hbond substituents is 1. The summed E-state index contributed by atoms with van der Waals surface area (Å²) in [6, 6.07) is 6.52. The van der Waals surface area contributed by atoms with E-state index in [0.29, 0.717) is 37.4 Å². The van der Waals surface area contributed by atoms with Crippen LogP contribution in [0.3, 0.4) is 0 Å². The number of hydrogen-bond acceptors (Lipinski definition) is 8. The minimum absolute atomic E-state index is 0.00437. The van der Waals surface area contributed by atoms with Gasteiger partial charge in [-0.05, 0) is 80.3 Å². The maximum Gasteiger partial charge on any atom is 0.319 e. The monoisotopic (exact) mass is 590 g/mol. The lowest BCUT2D eigenvalue weighted by molar-refractivity contribution is 0.107. The lowest BCUT2D eigenvalue weighted by Crippen LogP contribution is -2.51. The zero-order valence-electron chi connectivity index (χ0n) is 23.8. The van der Waals surface area contributed by atoms with Crippen molar-refractivity contribution in [2.75, 3.05) is 37.7 Å². The summed E-state index contributed by atoms with van der Waals surface area (Å²) in [7, 11) is 0. The number of alkyl halides is 1. The second-order valence-electron chi connectivity index (χ2n) is 13.0. The molecule has 1 saturated carbocycles. The normalized spacial score (nSPS) is 28.4. The standard InChI is InChI=1S/C32H33F3N6O2/c33-19-11-32(6-1-7-41(32)13-19)16-43-31-38-29-24(30(39-31)40-14-20-4-5-21(15-40)37-20)10-25(34)27(28(29)35)23-9-22(42)8-18(12-36)26(23)17-2-3-17/h8-10,17,19-21,37,42H,1-7,11,13-16H2/t19-,20-,21+,32+/m1/s1. The minimum atomic E-state index is -0.919. The summed E-state index contributed by atoms with van der Waals surface area (Å²) in [5.74, 6) is -1.52. The summed E-state index contributed by atoms with van der Waals surface area (Å²) in [5, 5.41) is 24.0. The van der Waals surface area contributed by atoms with E-state index in [4.69, 9.17) is 9.72 Å². The van der Waals surface area contributed by atoms with Crippen molar-refractivity contribution in [3.63, 3.8) is 0 Å². The first-order valence-corrected chi connectivity index (χ1v) is 15.3. The molecule has 224 valence electrons.